The van der Waals surface area contributed by atoms with Gasteiger partial charge in [0.05, 0.1) is 17.6 Å². The number of nitrogens with one attached hydrogen (secondary N) is 1. The van der Waals surface area contributed by atoms with Gasteiger partial charge in [-0.25, -0.2) is 4.79 Å². The van der Waals surface area contributed by atoms with Gasteiger partial charge in [0.2, 0.25) is 0 Å². The number of aromatic nitrogens is 2. The van der Waals surface area contributed by atoms with Crippen LogP contribution in [0.25, 0.3) is 22.4 Å². The maximum atomic E-state index is 12.0. The van der Waals surface area contributed by atoms with Crippen LogP contribution in [0.4, 0.5) is 0 Å². The molecule has 3 rings (SSSR count). The van der Waals surface area contributed by atoms with Crippen LogP contribution in [0, 0.1) is 6.92 Å². The van der Waals surface area contributed by atoms with Crippen molar-refractivity contribution in [2.45, 2.75) is 19.9 Å². The largest absolute Gasteiger partial charge is 0.481 e. The Hall–Kier alpha value is -2.61. The monoisotopic (exact) mass is 320 g/mol. The summed E-state index contributed by atoms with van der Waals surface area (Å²) in [6.45, 7) is 1.90. The Morgan fingerprint density at radius 1 is 1.41 bits per heavy atom. The van der Waals surface area contributed by atoms with Gasteiger partial charge in [-0.05, 0) is 19.1 Å². The number of benzene rings is 1. The third kappa shape index (κ3) is 2.48. The van der Waals surface area contributed by atoms with E-state index in [9.17, 15) is 14.4 Å². The van der Waals surface area contributed by atoms with E-state index >= 15 is 0 Å². The van der Waals surface area contributed by atoms with Crippen LogP contribution in [0.5, 0.6) is 0 Å². The van der Waals surface area contributed by atoms with Gasteiger partial charge in [0, 0.05) is 17.0 Å². The summed E-state index contributed by atoms with van der Waals surface area (Å²) in [5.74, 6) is -1.51. The second kappa shape index (κ2) is 5.30. The minimum absolute atomic E-state index is 0.100. The van der Waals surface area contributed by atoms with Crippen molar-refractivity contribution in [1.29, 1.82) is 0 Å². The molecule has 2 aromatic heterocycles. The van der Waals surface area contributed by atoms with Crippen molar-refractivity contribution in [3.63, 3.8) is 0 Å². The number of H-pyrrole nitrogens is 1. The van der Waals surface area contributed by atoms with E-state index in [1.807, 2.05) is 0 Å². The molecule has 0 aliphatic rings. The van der Waals surface area contributed by atoms with Gasteiger partial charge in [0.15, 0.2) is 5.58 Å². The topological polar surface area (TPSA) is 105 Å². The van der Waals surface area contributed by atoms with Crippen molar-refractivity contribution >= 4 is 28.4 Å². The minimum atomic E-state index is -0.964. The molecule has 2 N–H and O–H groups in total. The molecule has 0 aliphatic carbocycles. The zero-order valence-electron chi connectivity index (χ0n) is 11.6. The normalized spacial score (nSPS) is 11.1. The quantitative estimate of drug-likeness (QED) is 0.762. The van der Waals surface area contributed by atoms with E-state index < -0.39 is 11.7 Å². The molecule has 114 valence electrons. The van der Waals surface area contributed by atoms with Gasteiger partial charge in [-0.2, -0.15) is 0 Å². The molecule has 0 fully saturated rings. The highest BCUT2D eigenvalue weighted by Crippen LogP contribution is 2.27. The Morgan fingerprint density at radius 3 is 2.91 bits per heavy atom. The summed E-state index contributed by atoms with van der Waals surface area (Å²) in [4.78, 5) is 37.1. The second-order valence-electron chi connectivity index (χ2n) is 4.79. The maximum absolute atomic E-state index is 12.0. The Balaban J connectivity index is 2.14. The van der Waals surface area contributed by atoms with E-state index in [2.05, 4.69) is 4.98 Å². The van der Waals surface area contributed by atoms with Crippen molar-refractivity contribution in [3.05, 3.63) is 43.3 Å². The number of rotatable bonds is 4. The molecule has 3 aromatic rings. The molecule has 7 nitrogen and oxygen atoms in total. The highest BCUT2D eigenvalue weighted by molar-refractivity contribution is 7.09. The van der Waals surface area contributed by atoms with Crippen LogP contribution in [0.15, 0.2) is 32.2 Å². The summed E-state index contributed by atoms with van der Waals surface area (Å²) in [6.07, 6.45) is -0.134. The van der Waals surface area contributed by atoms with Gasteiger partial charge < -0.3 is 9.52 Å². The lowest BCUT2D eigenvalue weighted by Gasteiger charge is -2.07. The fourth-order valence-corrected chi connectivity index (χ4v) is 3.26. The van der Waals surface area contributed by atoms with E-state index in [4.69, 9.17) is 9.52 Å². The van der Waals surface area contributed by atoms with Crippen LogP contribution < -0.4 is 10.6 Å². The summed E-state index contributed by atoms with van der Waals surface area (Å²) >= 11 is 1.07. The van der Waals surface area contributed by atoms with Crippen LogP contribution in [-0.4, -0.2) is 20.6 Å². The van der Waals surface area contributed by atoms with Gasteiger partial charge in [0.25, 0.3) is 0 Å². The van der Waals surface area contributed by atoms with Gasteiger partial charge in [-0.3, -0.25) is 19.1 Å². The molecule has 0 saturated heterocycles. The first-order valence-corrected chi connectivity index (χ1v) is 7.32. The molecule has 0 bridgehead atoms. The fraction of sp³-hybridized carbons (Fsp3) is 0.214. The van der Waals surface area contributed by atoms with Crippen molar-refractivity contribution in [1.82, 2.24) is 9.55 Å². The number of carbonyl (C=O) groups is 1. The number of nitrogens with zero attached hydrogens (tertiary/aromatic N) is 1. The summed E-state index contributed by atoms with van der Waals surface area (Å²) < 4.78 is 6.47. The van der Waals surface area contributed by atoms with Gasteiger partial charge in [-0.15, -0.1) is 0 Å². The molecular formula is C14H12N2O5S. The molecule has 0 amide bonds. The van der Waals surface area contributed by atoms with Gasteiger partial charge in [-0.1, -0.05) is 17.4 Å². The zero-order valence-corrected chi connectivity index (χ0v) is 12.4. The van der Waals surface area contributed by atoms with E-state index in [0.717, 1.165) is 16.2 Å². The maximum Gasteiger partial charge on any atom is 0.417 e. The lowest BCUT2D eigenvalue weighted by atomic mass is 10.1. The Bertz CT molecular complexity index is 975. The van der Waals surface area contributed by atoms with Crippen LogP contribution >= 0.6 is 11.3 Å². The molecule has 8 heteroatoms. The van der Waals surface area contributed by atoms with E-state index in [-0.39, 0.29) is 17.8 Å². The van der Waals surface area contributed by atoms with Crippen LogP contribution in [0.1, 0.15) is 11.3 Å². The molecule has 0 radical (unpaired) electrons. The molecule has 0 aliphatic heterocycles. The van der Waals surface area contributed by atoms with Crippen molar-refractivity contribution < 1.29 is 14.3 Å². The lowest BCUT2D eigenvalue weighted by Crippen LogP contribution is -2.16. The Kier molecular flexibility index (Phi) is 3.45. The average Bonchev–Trinajstić information content (AvgIpc) is 2.94. The third-order valence-corrected chi connectivity index (χ3v) is 4.20. The predicted octanol–water partition coefficient (Wildman–Crippen LogP) is 1.79. The standard InChI is InChI=1S/C14H12N2O5S/c1-7-12(16(14(20)22-7)5-4-11(17)18)8-2-3-9-10(6-8)21-13(19)15-9/h2-3,6H,4-5H2,1H3,(H,15,19)(H,17,18). The van der Waals surface area contributed by atoms with Gasteiger partial charge >= 0.3 is 16.6 Å². The highest BCUT2D eigenvalue weighted by atomic mass is 32.1. The fourth-order valence-electron chi connectivity index (χ4n) is 2.38. The molecule has 0 spiro atoms. The number of aryl methyl sites for hydroxylation is 1. The van der Waals surface area contributed by atoms with Crippen molar-refractivity contribution in [3.8, 4) is 11.3 Å². The first kappa shape index (κ1) is 14.3. The van der Waals surface area contributed by atoms with Crippen molar-refractivity contribution in [2.75, 3.05) is 0 Å². The molecule has 0 saturated carbocycles. The Labute approximate surface area is 127 Å². The van der Waals surface area contributed by atoms with E-state index in [1.54, 1.807) is 25.1 Å². The number of thiazole rings is 1. The minimum Gasteiger partial charge on any atom is -0.481 e. The first-order chi connectivity index (χ1) is 10.5. The molecule has 22 heavy (non-hydrogen) atoms. The van der Waals surface area contributed by atoms with Gasteiger partial charge in [0.1, 0.15) is 0 Å². The second-order valence-corrected chi connectivity index (χ2v) is 5.96. The SMILES string of the molecule is Cc1sc(=O)n(CCC(=O)O)c1-c1ccc2[nH]c(=O)oc2c1. The third-order valence-electron chi connectivity index (χ3n) is 3.31. The number of fused-ring (bicyclic) bond motifs is 1. The molecule has 2 heterocycles. The van der Waals surface area contributed by atoms with E-state index in [0.29, 0.717) is 22.4 Å². The lowest BCUT2D eigenvalue weighted by molar-refractivity contribution is -0.137. The van der Waals surface area contributed by atoms with Crippen LogP contribution in [0.2, 0.25) is 0 Å². The number of carboxylic acid groups (broad SMARTS) is 1. The Morgan fingerprint density at radius 2 is 2.18 bits per heavy atom. The smallest absolute Gasteiger partial charge is 0.417 e. The molecule has 1 aromatic carbocycles. The summed E-state index contributed by atoms with van der Waals surface area (Å²) in [6, 6.07) is 5.12. The number of aliphatic carboxylic acids is 1. The van der Waals surface area contributed by atoms with Crippen LogP contribution in [0.3, 0.4) is 0 Å². The highest BCUT2D eigenvalue weighted by Gasteiger charge is 2.15. The summed E-state index contributed by atoms with van der Waals surface area (Å²) in [5.41, 5.74) is 2.32. The zero-order chi connectivity index (χ0) is 15.9. The van der Waals surface area contributed by atoms with E-state index in [1.165, 1.54) is 4.57 Å². The number of oxazole rings is 1. The number of hydrogen-bond donors (Lipinski definition) is 2. The average molecular weight is 320 g/mol. The molecule has 0 unspecified atom stereocenters. The van der Waals surface area contributed by atoms with Crippen molar-refractivity contribution in [2.24, 2.45) is 0 Å². The summed E-state index contributed by atoms with van der Waals surface area (Å²) in [7, 11) is 0. The van der Waals surface area contributed by atoms with Crippen LogP contribution in [-0.2, 0) is 11.3 Å². The number of carboxylic acids is 1. The first-order valence-electron chi connectivity index (χ1n) is 6.51. The predicted molar refractivity (Wildman–Crippen MR) is 81.4 cm³/mol. The summed E-state index contributed by atoms with van der Waals surface area (Å²) in [5, 5.41) is 8.81. The number of aromatic amines is 1. The molecular weight excluding hydrogens is 308 g/mol. The number of hydrogen-bond acceptors (Lipinski definition) is 5. The molecule has 0 atom stereocenters.